The van der Waals surface area contributed by atoms with E-state index in [2.05, 4.69) is 12.1 Å². The summed E-state index contributed by atoms with van der Waals surface area (Å²) < 4.78 is 0. The topological polar surface area (TPSA) is 112 Å². The van der Waals surface area contributed by atoms with Crippen LogP contribution in [0.3, 0.4) is 0 Å². The van der Waals surface area contributed by atoms with Crippen LogP contribution >= 0.6 is 0 Å². The molecule has 0 fully saturated rings. The van der Waals surface area contributed by atoms with Crippen LogP contribution in [0.1, 0.15) is 99.3 Å². The van der Waals surface area contributed by atoms with Gasteiger partial charge in [0.2, 0.25) is 0 Å². The number of carbonyl (C=O) groups is 3. The predicted octanol–water partition coefficient (Wildman–Crippen LogP) is 5.65. The molecule has 4 aromatic carbocycles. The van der Waals surface area contributed by atoms with Crippen LogP contribution in [0.4, 0.5) is 0 Å². The molecule has 180 valence electrons. The number of aromatic carboxylic acids is 3. The van der Waals surface area contributed by atoms with Gasteiger partial charge in [-0.15, -0.1) is 0 Å². The molecule has 6 heteroatoms. The van der Waals surface area contributed by atoms with Crippen molar-refractivity contribution in [2.45, 2.75) is 23.7 Å². The van der Waals surface area contributed by atoms with Crippen molar-refractivity contribution in [2.24, 2.45) is 0 Å². The molecule has 37 heavy (non-hydrogen) atoms. The fraction of sp³-hybridized carbons (Fsp3) is 0.129. The molecule has 6 nitrogen and oxygen atoms in total. The lowest BCUT2D eigenvalue weighted by atomic mass is 9.52. The molecule has 0 aromatic heterocycles. The van der Waals surface area contributed by atoms with Crippen LogP contribution in [0.15, 0.2) is 78.9 Å². The Morgan fingerprint density at radius 3 is 0.973 bits per heavy atom. The second kappa shape index (κ2) is 7.40. The first-order valence-corrected chi connectivity index (χ1v) is 12.1. The molecule has 0 saturated carbocycles. The number of benzene rings is 4. The van der Waals surface area contributed by atoms with Gasteiger partial charge in [0.05, 0.1) is 16.7 Å². The van der Waals surface area contributed by atoms with Crippen molar-refractivity contribution >= 4 is 17.9 Å². The van der Waals surface area contributed by atoms with E-state index in [4.69, 9.17) is 0 Å². The Morgan fingerprint density at radius 2 is 0.676 bits per heavy atom. The van der Waals surface area contributed by atoms with Crippen molar-refractivity contribution in [1.82, 2.24) is 0 Å². The highest BCUT2D eigenvalue weighted by Crippen LogP contribution is 2.64. The van der Waals surface area contributed by atoms with Gasteiger partial charge < -0.3 is 15.3 Å². The molecule has 4 unspecified atom stereocenters. The van der Waals surface area contributed by atoms with Gasteiger partial charge in [-0.25, -0.2) is 14.4 Å². The normalized spacial score (nSPS) is 21.6. The molecule has 0 aliphatic heterocycles. The minimum absolute atomic E-state index is 0.191. The third-order valence-electron chi connectivity index (χ3n) is 8.34. The van der Waals surface area contributed by atoms with E-state index < -0.39 is 17.9 Å². The maximum atomic E-state index is 12.0. The van der Waals surface area contributed by atoms with Crippen LogP contribution in [0.2, 0.25) is 0 Å². The Bertz CT molecular complexity index is 1700. The van der Waals surface area contributed by atoms with Crippen molar-refractivity contribution in [1.29, 1.82) is 0 Å². The molecule has 6 aliphatic carbocycles. The van der Waals surface area contributed by atoms with Crippen molar-refractivity contribution in [2.75, 3.05) is 0 Å². The first-order chi connectivity index (χ1) is 17.8. The Hall–Kier alpha value is -4.71. The van der Waals surface area contributed by atoms with Crippen LogP contribution in [-0.2, 0) is 0 Å². The zero-order chi connectivity index (χ0) is 25.6. The highest BCUT2D eigenvalue weighted by atomic mass is 16.4. The van der Waals surface area contributed by atoms with Crippen molar-refractivity contribution < 1.29 is 29.7 Å². The average Bonchev–Trinajstić information content (AvgIpc) is 2.88. The molecule has 4 atom stereocenters. The van der Waals surface area contributed by atoms with Gasteiger partial charge in [-0.2, -0.15) is 0 Å². The summed E-state index contributed by atoms with van der Waals surface area (Å²) >= 11 is 0. The lowest BCUT2D eigenvalue weighted by molar-refractivity contribution is 0.0685. The van der Waals surface area contributed by atoms with E-state index in [0.29, 0.717) is 0 Å². The Kier molecular flexibility index (Phi) is 4.31. The van der Waals surface area contributed by atoms with E-state index in [9.17, 15) is 29.7 Å². The largest absolute Gasteiger partial charge is 0.478 e. The Balaban J connectivity index is 1.63. The fourth-order valence-electron chi connectivity index (χ4n) is 6.96. The summed E-state index contributed by atoms with van der Waals surface area (Å²) in [4.78, 5) is 35.9. The van der Waals surface area contributed by atoms with E-state index in [-0.39, 0.29) is 40.4 Å². The summed E-state index contributed by atoms with van der Waals surface area (Å²) in [5.41, 5.74) is 8.57. The van der Waals surface area contributed by atoms with Gasteiger partial charge >= 0.3 is 17.9 Å². The van der Waals surface area contributed by atoms with E-state index >= 15 is 0 Å². The van der Waals surface area contributed by atoms with Gasteiger partial charge in [-0.1, -0.05) is 42.5 Å². The quantitative estimate of drug-likeness (QED) is 0.344. The summed E-state index contributed by atoms with van der Waals surface area (Å²) in [5.74, 6) is -4.04. The molecule has 0 saturated heterocycles. The lowest BCUT2D eigenvalue weighted by Crippen LogP contribution is -2.36. The van der Waals surface area contributed by atoms with Gasteiger partial charge in [-0.05, 0) is 80.9 Å². The first-order valence-electron chi connectivity index (χ1n) is 12.1. The van der Waals surface area contributed by atoms with Gasteiger partial charge in [0.15, 0.2) is 0 Å². The summed E-state index contributed by atoms with van der Waals surface area (Å²) in [6, 6.07) is 23.9. The van der Waals surface area contributed by atoms with E-state index in [1.807, 2.05) is 30.3 Å². The molecule has 0 spiro atoms. The monoisotopic (exact) mass is 488 g/mol. The van der Waals surface area contributed by atoms with Crippen LogP contribution in [0.5, 0.6) is 0 Å². The minimum Gasteiger partial charge on any atom is -0.478 e. The third-order valence-corrected chi connectivity index (χ3v) is 8.34. The molecule has 0 amide bonds. The van der Waals surface area contributed by atoms with E-state index in [1.165, 1.54) is 0 Å². The molecule has 0 heterocycles. The highest BCUT2D eigenvalue weighted by Gasteiger charge is 2.50. The predicted molar refractivity (Wildman–Crippen MR) is 134 cm³/mol. The molecule has 4 aromatic rings. The average molecular weight is 488 g/mol. The van der Waals surface area contributed by atoms with Crippen molar-refractivity contribution in [3.05, 3.63) is 140 Å². The fourth-order valence-corrected chi connectivity index (χ4v) is 6.96. The second-order valence-corrected chi connectivity index (χ2v) is 9.99. The number of rotatable bonds is 3. The summed E-state index contributed by atoms with van der Waals surface area (Å²) in [6.07, 6.45) is 0. The van der Waals surface area contributed by atoms with Crippen molar-refractivity contribution in [3.63, 3.8) is 0 Å². The van der Waals surface area contributed by atoms with Gasteiger partial charge in [-0.3, -0.25) is 0 Å². The van der Waals surface area contributed by atoms with Crippen LogP contribution in [0.25, 0.3) is 0 Å². The molecule has 6 aliphatic rings. The first kappa shape index (κ1) is 21.6. The smallest absolute Gasteiger partial charge is 0.335 e. The lowest BCUT2D eigenvalue weighted by Gasteiger charge is -2.50. The van der Waals surface area contributed by atoms with E-state index in [0.717, 1.165) is 44.5 Å². The zero-order valence-corrected chi connectivity index (χ0v) is 19.4. The zero-order valence-electron chi connectivity index (χ0n) is 19.4. The minimum atomic E-state index is -1.01. The van der Waals surface area contributed by atoms with Crippen LogP contribution < -0.4 is 0 Å². The summed E-state index contributed by atoms with van der Waals surface area (Å²) in [5, 5.41) is 29.4. The van der Waals surface area contributed by atoms with Gasteiger partial charge in [0.1, 0.15) is 0 Å². The summed E-state index contributed by atoms with van der Waals surface area (Å²) in [6.45, 7) is 0. The Morgan fingerprint density at radius 1 is 0.405 bits per heavy atom. The van der Waals surface area contributed by atoms with Gasteiger partial charge in [0.25, 0.3) is 0 Å². The third kappa shape index (κ3) is 2.84. The second-order valence-electron chi connectivity index (χ2n) is 9.99. The standard InChI is InChI=1S/C31H20O6/c32-29(33)14-5-8-19-22(11-14)26-18-4-2-1-3-17(18)25(19)27-20-9-6-16(31(36)37)13-24(20)28(26)21-10-7-15(30(34)35)12-23(21)27/h1-13,25-28H,(H,32,33)(H,34,35)(H,36,37). The number of carboxylic acids is 3. The van der Waals surface area contributed by atoms with E-state index in [1.54, 1.807) is 36.4 Å². The highest BCUT2D eigenvalue weighted by molar-refractivity contribution is 5.90. The number of hydrogen-bond donors (Lipinski definition) is 3. The SMILES string of the molecule is O=C(O)c1ccc2c(c1)C1c3ccc(C(=O)O)cc3C2C2c3ccccc3C1c1ccc(C(=O)O)cc12. The van der Waals surface area contributed by atoms with Crippen LogP contribution in [-0.4, -0.2) is 33.2 Å². The molecule has 3 N–H and O–H groups in total. The molecular formula is C31H20O6. The maximum Gasteiger partial charge on any atom is 0.335 e. The molecule has 10 rings (SSSR count). The van der Waals surface area contributed by atoms with Gasteiger partial charge in [0, 0.05) is 23.7 Å². The molecular weight excluding hydrogens is 468 g/mol. The summed E-state index contributed by atoms with van der Waals surface area (Å²) in [7, 11) is 0. The van der Waals surface area contributed by atoms with Crippen molar-refractivity contribution in [3.8, 4) is 0 Å². The Labute approximate surface area is 211 Å². The van der Waals surface area contributed by atoms with Crippen LogP contribution in [0, 0.1) is 0 Å². The number of carboxylic acid groups (broad SMARTS) is 3. The maximum absolute atomic E-state index is 12.0. The molecule has 0 radical (unpaired) electrons. The number of hydrogen-bond acceptors (Lipinski definition) is 3. The molecule has 4 bridgehead atoms.